The molecule has 0 saturated heterocycles. The molecule has 0 unspecified atom stereocenters. The van der Waals surface area contributed by atoms with Crippen molar-refractivity contribution in [1.82, 2.24) is 0 Å². The first-order chi connectivity index (χ1) is 5.27. The van der Waals surface area contributed by atoms with Gasteiger partial charge in [0.2, 0.25) is 0 Å². The van der Waals surface area contributed by atoms with Crippen molar-refractivity contribution in [2.75, 3.05) is 26.0 Å². The van der Waals surface area contributed by atoms with Crippen LogP contribution in [0.3, 0.4) is 0 Å². The second-order valence-electron chi connectivity index (χ2n) is 3.41. The second kappa shape index (κ2) is 11.9. The van der Waals surface area contributed by atoms with E-state index in [2.05, 4.69) is 30.0 Å². The lowest BCUT2D eigenvalue weighted by atomic mass is 10.1. The molecule has 0 amide bonds. The highest BCUT2D eigenvalue weighted by Crippen LogP contribution is 2.03. The van der Waals surface area contributed by atoms with Gasteiger partial charge < -0.3 is 21.9 Å². The fraction of sp³-hybridized carbons (Fsp3) is 1.00. The third kappa shape index (κ3) is 13.5. The highest BCUT2D eigenvalue weighted by molar-refractivity contribution is 9.09. The Hall–Kier alpha value is 0.920. The van der Waals surface area contributed by atoms with E-state index in [0.717, 1.165) is 0 Å². The van der Waals surface area contributed by atoms with E-state index in [-0.39, 0.29) is 17.0 Å². The molecule has 0 radical (unpaired) electrons. The molecule has 0 aliphatic heterocycles. The van der Waals surface area contributed by atoms with Crippen molar-refractivity contribution in [3.63, 3.8) is 0 Å². The SMILES string of the molecule is C[NH+](C)CCCCCCCBr.[Br-]. The van der Waals surface area contributed by atoms with Gasteiger partial charge in [0.05, 0.1) is 20.6 Å². The zero-order chi connectivity index (χ0) is 8.53. The number of quaternary nitrogens is 1. The number of nitrogens with one attached hydrogen (secondary N) is 1. The molecular weight excluding hydrogens is 282 g/mol. The van der Waals surface area contributed by atoms with E-state index < -0.39 is 0 Å². The zero-order valence-electron chi connectivity index (χ0n) is 8.21. The Labute approximate surface area is 95.8 Å². The van der Waals surface area contributed by atoms with Crippen molar-refractivity contribution in [2.45, 2.75) is 32.1 Å². The third-order valence-electron chi connectivity index (χ3n) is 1.81. The molecule has 0 aromatic carbocycles. The highest BCUT2D eigenvalue weighted by Gasteiger charge is 1.93. The average Bonchev–Trinajstić information content (AvgIpc) is 1.96. The lowest BCUT2D eigenvalue weighted by Gasteiger charge is -2.05. The molecule has 0 aromatic rings. The fourth-order valence-electron chi connectivity index (χ4n) is 1.10. The molecule has 1 N–H and O–H groups in total. The lowest BCUT2D eigenvalue weighted by molar-refractivity contribution is -0.858. The molecule has 0 atom stereocenters. The Morgan fingerprint density at radius 1 is 0.917 bits per heavy atom. The topological polar surface area (TPSA) is 4.44 Å². The molecular formula is C9H21Br2N. The summed E-state index contributed by atoms with van der Waals surface area (Å²) in [4.78, 5) is 1.57. The predicted molar refractivity (Wildman–Crippen MR) is 54.6 cm³/mol. The van der Waals surface area contributed by atoms with E-state index in [1.807, 2.05) is 0 Å². The summed E-state index contributed by atoms with van der Waals surface area (Å²) in [6.45, 7) is 1.33. The Morgan fingerprint density at radius 3 is 1.92 bits per heavy atom. The van der Waals surface area contributed by atoms with Crippen LogP contribution in [0.1, 0.15) is 32.1 Å². The highest BCUT2D eigenvalue weighted by atomic mass is 79.9. The summed E-state index contributed by atoms with van der Waals surface area (Å²) >= 11 is 3.44. The molecule has 0 saturated carbocycles. The maximum atomic E-state index is 3.44. The van der Waals surface area contributed by atoms with Crippen LogP contribution in [0.25, 0.3) is 0 Å². The van der Waals surface area contributed by atoms with Crippen molar-refractivity contribution < 1.29 is 21.9 Å². The molecule has 0 aromatic heterocycles. The molecule has 0 spiro atoms. The predicted octanol–water partition coefficient (Wildman–Crippen LogP) is -1.52. The Kier molecular flexibility index (Phi) is 15.3. The normalized spacial score (nSPS) is 10.0. The molecule has 0 aliphatic carbocycles. The van der Waals surface area contributed by atoms with Crippen LogP contribution in [0, 0.1) is 0 Å². The van der Waals surface area contributed by atoms with Gasteiger partial charge in [0.15, 0.2) is 0 Å². The van der Waals surface area contributed by atoms with Crippen LogP contribution in [-0.4, -0.2) is 26.0 Å². The number of rotatable bonds is 7. The van der Waals surface area contributed by atoms with Gasteiger partial charge in [0.1, 0.15) is 0 Å². The van der Waals surface area contributed by atoms with E-state index in [1.54, 1.807) is 4.90 Å². The van der Waals surface area contributed by atoms with Crippen LogP contribution in [-0.2, 0) is 0 Å². The first-order valence-corrected chi connectivity index (χ1v) is 5.74. The van der Waals surface area contributed by atoms with Gasteiger partial charge in [-0.05, 0) is 19.3 Å². The summed E-state index contributed by atoms with van der Waals surface area (Å²) < 4.78 is 0. The lowest BCUT2D eigenvalue weighted by Crippen LogP contribution is -3.05. The first-order valence-electron chi connectivity index (χ1n) is 4.62. The van der Waals surface area contributed by atoms with Crippen molar-refractivity contribution >= 4 is 15.9 Å². The molecule has 0 aliphatic rings. The van der Waals surface area contributed by atoms with Gasteiger partial charge in [-0.1, -0.05) is 28.8 Å². The van der Waals surface area contributed by atoms with Gasteiger partial charge in [-0.25, -0.2) is 0 Å². The van der Waals surface area contributed by atoms with Crippen LogP contribution in [0.5, 0.6) is 0 Å². The summed E-state index contributed by atoms with van der Waals surface area (Å²) in [5.41, 5.74) is 0. The van der Waals surface area contributed by atoms with Gasteiger partial charge in [0.25, 0.3) is 0 Å². The van der Waals surface area contributed by atoms with E-state index in [0.29, 0.717) is 0 Å². The monoisotopic (exact) mass is 301 g/mol. The summed E-state index contributed by atoms with van der Waals surface area (Å²) in [5.74, 6) is 0. The molecule has 76 valence electrons. The standard InChI is InChI=1S/C9H20BrN.BrH/c1-11(2)9-7-5-3-4-6-8-10;/h3-9H2,1-2H3;1H. The van der Waals surface area contributed by atoms with Gasteiger partial charge in [-0.15, -0.1) is 0 Å². The van der Waals surface area contributed by atoms with E-state index in [1.165, 1.54) is 44.0 Å². The van der Waals surface area contributed by atoms with Crippen molar-refractivity contribution in [1.29, 1.82) is 0 Å². The maximum Gasteiger partial charge on any atom is 0.0766 e. The molecule has 3 heteroatoms. The largest absolute Gasteiger partial charge is 1.00 e. The van der Waals surface area contributed by atoms with E-state index in [4.69, 9.17) is 0 Å². The van der Waals surface area contributed by atoms with Gasteiger partial charge in [-0.2, -0.15) is 0 Å². The molecule has 0 rings (SSSR count). The van der Waals surface area contributed by atoms with Crippen molar-refractivity contribution in [3.05, 3.63) is 0 Å². The van der Waals surface area contributed by atoms with Crippen molar-refractivity contribution in [2.24, 2.45) is 0 Å². The van der Waals surface area contributed by atoms with E-state index >= 15 is 0 Å². The number of hydrogen-bond acceptors (Lipinski definition) is 0. The summed E-state index contributed by atoms with van der Waals surface area (Å²) in [5, 5.41) is 1.17. The second-order valence-corrected chi connectivity index (χ2v) is 4.21. The van der Waals surface area contributed by atoms with Crippen molar-refractivity contribution in [3.8, 4) is 0 Å². The number of alkyl halides is 1. The molecule has 0 heterocycles. The molecule has 0 fully saturated rings. The van der Waals surface area contributed by atoms with E-state index in [9.17, 15) is 0 Å². The number of halogens is 2. The molecule has 1 nitrogen and oxygen atoms in total. The summed E-state index contributed by atoms with van der Waals surface area (Å²) in [6, 6.07) is 0. The average molecular weight is 303 g/mol. The van der Waals surface area contributed by atoms with Crippen LogP contribution in [0.4, 0.5) is 0 Å². The smallest absolute Gasteiger partial charge is 0.0766 e. The Bertz CT molecular complexity index is 76.9. The van der Waals surface area contributed by atoms with Crippen LogP contribution >= 0.6 is 15.9 Å². The summed E-state index contributed by atoms with van der Waals surface area (Å²) in [6.07, 6.45) is 6.96. The van der Waals surface area contributed by atoms with Crippen LogP contribution in [0.2, 0.25) is 0 Å². The number of unbranched alkanes of at least 4 members (excludes halogenated alkanes) is 4. The van der Waals surface area contributed by atoms with Crippen LogP contribution in [0.15, 0.2) is 0 Å². The quantitative estimate of drug-likeness (QED) is 0.430. The minimum Gasteiger partial charge on any atom is -1.00 e. The minimum absolute atomic E-state index is 0. The minimum atomic E-state index is 0. The van der Waals surface area contributed by atoms with Gasteiger partial charge in [-0.3, -0.25) is 0 Å². The summed E-state index contributed by atoms with van der Waals surface area (Å²) in [7, 11) is 4.44. The Morgan fingerprint density at radius 2 is 1.42 bits per heavy atom. The van der Waals surface area contributed by atoms with Crippen LogP contribution < -0.4 is 21.9 Å². The molecule has 0 bridgehead atoms. The zero-order valence-corrected chi connectivity index (χ0v) is 11.4. The fourth-order valence-corrected chi connectivity index (χ4v) is 1.50. The van der Waals surface area contributed by atoms with Gasteiger partial charge in [0, 0.05) is 5.33 Å². The number of hydrogen-bond donors (Lipinski definition) is 1. The molecule has 12 heavy (non-hydrogen) atoms. The maximum absolute atomic E-state index is 3.44. The Balaban J connectivity index is 0. The third-order valence-corrected chi connectivity index (χ3v) is 2.37. The first kappa shape index (κ1) is 15.4. The van der Waals surface area contributed by atoms with Gasteiger partial charge >= 0.3 is 0 Å².